The Balaban J connectivity index is 2.19. The number of methoxy groups -OCH3 is 1. The molecule has 0 spiro atoms. The van der Waals surface area contributed by atoms with E-state index < -0.39 is 0 Å². The van der Waals surface area contributed by atoms with Gasteiger partial charge in [0.15, 0.2) is 0 Å². The molecule has 0 amide bonds. The van der Waals surface area contributed by atoms with Gasteiger partial charge in [0.25, 0.3) is 0 Å². The van der Waals surface area contributed by atoms with Crippen LogP contribution in [0.4, 0.5) is 0 Å². The predicted molar refractivity (Wildman–Crippen MR) is 53.2 cm³/mol. The highest BCUT2D eigenvalue weighted by Gasteiger charge is 2.57. The lowest BCUT2D eigenvalue weighted by Crippen LogP contribution is -2.06. The van der Waals surface area contributed by atoms with Crippen molar-refractivity contribution in [1.82, 2.24) is 4.37 Å². The van der Waals surface area contributed by atoms with E-state index in [9.17, 15) is 0 Å². The normalized spacial score (nSPS) is 30.2. The van der Waals surface area contributed by atoms with Crippen molar-refractivity contribution in [3.63, 3.8) is 0 Å². The molecule has 0 aliphatic heterocycles. The number of aromatic nitrogens is 1. The first-order valence-corrected chi connectivity index (χ1v) is 5.11. The van der Waals surface area contributed by atoms with Crippen LogP contribution in [0, 0.1) is 5.41 Å². The van der Waals surface area contributed by atoms with Gasteiger partial charge in [-0.2, -0.15) is 4.37 Å². The van der Waals surface area contributed by atoms with E-state index in [0.29, 0.717) is 11.8 Å². The number of hydrogen-bond donors (Lipinski definition) is 1. The van der Waals surface area contributed by atoms with Gasteiger partial charge < -0.3 is 10.5 Å². The molecule has 4 heteroatoms. The number of ether oxygens (including phenoxy) is 1. The van der Waals surface area contributed by atoms with Crippen LogP contribution in [0.1, 0.15) is 24.6 Å². The minimum Gasteiger partial charge on any atom is -0.480 e. The Morgan fingerprint density at radius 1 is 1.62 bits per heavy atom. The Morgan fingerprint density at radius 2 is 2.23 bits per heavy atom. The molecule has 0 saturated heterocycles. The highest BCUT2D eigenvalue weighted by molar-refractivity contribution is 7.06. The maximum Gasteiger partial charge on any atom is 0.225 e. The van der Waals surface area contributed by atoms with E-state index >= 15 is 0 Å². The predicted octanol–water partition coefficient (Wildman–Crippen LogP) is 1.60. The second kappa shape index (κ2) is 2.69. The summed E-state index contributed by atoms with van der Waals surface area (Å²) in [5.74, 6) is 1.17. The van der Waals surface area contributed by atoms with Crippen molar-refractivity contribution in [3.05, 3.63) is 10.9 Å². The second-order valence-electron chi connectivity index (χ2n) is 4.10. The molecule has 1 aromatic heterocycles. The zero-order valence-corrected chi connectivity index (χ0v) is 8.89. The third-order valence-corrected chi connectivity index (χ3v) is 3.79. The molecule has 3 nitrogen and oxygen atoms in total. The number of nitrogens with zero attached hydrogens (tertiary/aromatic N) is 1. The van der Waals surface area contributed by atoms with Crippen LogP contribution in [-0.4, -0.2) is 17.5 Å². The standard InChI is InChI=1S/C9H14N2OS/c1-9(2)7(8(9)10)5-4-6(12-3)11-13-5/h4,7-8H,10H2,1-3H3. The molecule has 1 aliphatic carbocycles. The third-order valence-electron chi connectivity index (χ3n) is 2.93. The molecule has 0 aromatic carbocycles. The molecule has 13 heavy (non-hydrogen) atoms. The van der Waals surface area contributed by atoms with Crippen molar-refractivity contribution < 1.29 is 4.74 Å². The smallest absolute Gasteiger partial charge is 0.225 e. The van der Waals surface area contributed by atoms with Crippen LogP contribution in [-0.2, 0) is 0 Å². The van der Waals surface area contributed by atoms with E-state index in [2.05, 4.69) is 18.2 Å². The summed E-state index contributed by atoms with van der Waals surface area (Å²) in [6.45, 7) is 4.38. The van der Waals surface area contributed by atoms with E-state index in [1.54, 1.807) is 7.11 Å². The third kappa shape index (κ3) is 1.25. The number of rotatable bonds is 2. The minimum absolute atomic E-state index is 0.234. The van der Waals surface area contributed by atoms with Crippen molar-refractivity contribution in [2.45, 2.75) is 25.8 Å². The van der Waals surface area contributed by atoms with Gasteiger partial charge in [0.1, 0.15) is 0 Å². The van der Waals surface area contributed by atoms with Crippen LogP contribution >= 0.6 is 11.5 Å². The van der Waals surface area contributed by atoms with Crippen molar-refractivity contribution in [2.75, 3.05) is 7.11 Å². The lowest BCUT2D eigenvalue weighted by molar-refractivity contribution is 0.402. The summed E-state index contributed by atoms with van der Waals surface area (Å²) < 4.78 is 9.19. The van der Waals surface area contributed by atoms with Crippen molar-refractivity contribution >= 4 is 11.5 Å². The fraction of sp³-hybridized carbons (Fsp3) is 0.667. The second-order valence-corrected chi connectivity index (χ2v) is 4.93. The maximum absolute atomic E-state index is 5.97. The lowest BCUT2D eigenvalue weighted by atomic mass is 10.1. The molecular weight excluding hydrogens is 184 g/mol. The van der Waals surface area contributed by atoms with Gasteiger partial charge in [0.05, 0.1) is 7.11 Å². The Hall–Kier alpha value is -0.610. The van der Waals surface area contributed by atoms with E-state index in [0.717, 1.165) is 0 Å². The minimum atomic E-state index is 0.234. The largest absolute Gasteiger partial charge is 0.480 e. The lowest BCUT2D eigenvalue weighted by Gasteiger charge is -1.96. The van der Waals surface area contributed by atoms with E-state index in [1.165, 1.54) is 16.4 Å². The number of nitrogens with two attached hydrogens (primary N) is 1. The SMILES string of the molecule is COc1cc(C2C(N)C2(C)C)sn1. The highest BCUT2D eigenvalue weighted by Crippen LogP contribution is 2.58. The molecule has 1 heterocycles. The molecule has 1 aliphatic rings. The van der Waals surface area contributed by atoms with E-state index in [1.807, 2.05) is 6.07 Å². The topological polar surface area (TPSA) is 48.1 Å². The van der Waals surface area contributed by atoms with Crippen LogP contribution in [0.2, 0.25) is 0 Å². The molecule has 2 atom stereocenters. The number of hydrogen-bond acceptors (Lipinski definition) is 4. The molecule has 0 radical (unpaired) electrons. The van der Waals surface area contributed by atoms with Crippen LogP contribution in [0.5, 0.6) is 5.88 Å². The van der Waals surface area contributed by atoms with Gasteiger partial charge in [0.2, 0.25) is 5.88 Å². The summed E-state index contributed by atoms with van der Waals surface area (Å²) in [7, 11) is 1.64. The zero-order chi connectivity index (χ0) is 9.64. The van der Waals surface area contributed by atoms with Gasteiger partial charge in [-0.25, -0.2) is 0 Å². The van der Waals surface area contributed by atoms with Crippen LogP contribution < -0.4 is 10.5 Å². The fourth-order valence-corrected chi connectivity index (χ4v) is 2.78. The Labute approximate surface area is 82.1 Å². The summed E-state index contributed by atoms with van der Waals surface area (Å²) in [5.41, 5.74) is 6.20. The first kappa shape index (κ1) is 8.97. The summed E-state index contributed by atoms with van der Waals surface area (Å²) in [4.78, 5) is 1.24. The van der Waals surface area contributed by atoms with E-state index in [-0.39, 0.29) is 11.5 Å². The average molecular weight is 198 g/mol. The quantitative estimate of drug-likeness (QED) is 0.785. The average Bonchev–Trinajstić information content (AvgIpc) is 2.55. The fourth-order valence-electron chi connectivity index (χ4n) is 1.74. The van der Waals surface area contributed by atoms with Gasteiger partial charge >= 0.3 is 0 Å². The molecule has 2 rings (SSSR count). The molecule has 72 valence electrons. The Morgan fingerprint density at radius 3 is 2.62 bits per heavy atom. The first-order valence-electron chi connectivity index (χ1n) is 4.33. The molecule has 2 unspecified atom stereocenters. The first-order chi connectivity index (χ1) is 6.07. The Bertz CT molecular complexity index is 321. The van der Waals surface area contributed by atoms with Gasteiger partial charge in [-0.05, 0) is 16.9 Å². The van der Waals surface area contributed by atoms with Gasteiger partial charge in [-0.1, -0.05) is 13.8 Å². The maximum atomic E-state index is 5.97. The monoisotopic (exact) mass is 198 g/mol. The molecule has 0 bridgehead atoms. The van der Waals surface area contributed by atoms with Gasteiger partial charge in [-0.3, -0.25) is 0 Å². The zero-order valence-electron chi connectivity index (χ0n) is 8.07. The molecular formula is C9H14N2OS. The summed E-state index contributed by atoms with van der Waals surface area (Å²) >= 11 is 1.50. The van der Waals surface area contributed by atoms with E-state index in [4.69, 9.17) is 10.5 Å². The van der Waals surface area contributed by atoms with Crippen LogP contribution in [0.25, 0.3) is 0 Å². The van der Waals surface area contributed by atoms with Crippen molar-refractivity contribution in [2.24, 2.45) is 11.1 Å². The van der Waals surface area contributed by atoms with Gasteiger partial charge in [-0.15, -0.1) is 0 Å². The molecule has 1 saturated carbocycles. The van der Waals surface area contributed by atoms with Crippen LogP contribution in [0.3, 0.4) is 0 Å². The molecule has 1 aromatic rings. The van der Waals surface area contributed by atoms with Crippen molar-refractivity contribution in [3.8, 4) is 5.88 Å². The summed E-state index contributed by atoms with van der Waals surface area (Å²) in [6.07, 6.45) is 0. The summed E-state index contributed by atoms with van der Waals surface area (Å²) in [5, 5.41) is 0. The molecule has 1 fully saturated rings. The Kier molecular flexibility index (Phi) is 1.85. The summed E-state index contributed by atoms with van der Waals surface area (Å²) in [6, 6.07) is 2.27. The van der Waals surface area contributed by atoms with Crippen LogP contribution in [0.15, 0.2) is 6.07 Å². The van der Waals surface area contributed by atoms with Gasteiger partial charge in [0, 0.05) is 22.9 Å². The highest BCUT2D eigenvalue weighted by atomic mass is 32.1. The van der Waals surface area contributed by atoms with Crippen molar-refractivity contribution in [1.29, 1.82) is 0 Å². The molecule has 2 N–H and O–H groups in total.